The van der Waals surface area contributed by atoms with Crippen LogP contribution in [0, 0.1) is 0 Å². The third-order valence-electron chi connectivity index (χ3n) is 3.40. The third kappa shape index (κ3) is 3.27. The van der Waals surface area contributed by atoms with Crippen LogP contribution in [0.15, 0.2) is 41.5 Å². The first-order chi connectivity index (χ1) is 10.7. The molecular weight excluding hydrogens is 286 g/mol. The second-order valence-corrected chi connectivity index (χ2v) is 4.95. The molecule has 1 aliphatic heterocycles. The summed E-state index contributed by atoms with van der Waals surface area (Å²) in [6.45, 7) is 1.000. The van der Waals surface area contributed by atoms with Crippen molar-refractivity contribution >= 4 is 5.91 Å². The summed E-state index contributed by atoms with van der Waals surface area (Å²) < 4.78 is 6.83. The Labute approximate surface area is 126 Å². The molecule has 1 atom stereocenters. The quantitative estimate of drug-likeness (QED) is 0.771. The van der Waals surface area contributed by atoms with Gasteiger partial charge in [-0.3, -0.25) is 9.59 Å². The maximum Gasteiger partial charge on any atom is 0.267 e. The molecule has 0 saturated carbocycles. The van der Waals surface area contributed by atoms with Crippen LogP contribution in [0.4, 0.5) is 0 Å². The van der Waals surface area contributed by atoms with E-state index in [4.69, 9.17) is 4.74 Å². The van der Waals surface area contributed by atoms with Crippen LogP contribution < -0.4 is 10.3 Å². The fourth-order valence-electron chi connectivity index (χ4n) is 2.31. The SMILES string of the molecule is O=C(Cn1ncccc1=O)N1CC[C@H](Oc2cccnn2)C1. The molecule has 1 fully saturated rings. The Morgan fingerprint density at radius 2 is 2.18 bits per heavy atom. The van der Waals surface area contributed by atoms with E-state index in [9.17, 15) is 9.59 Å². The van der Waals surface area contributed by atoms with Crippen LogP contribution >= 0.6 is 0 Å². The standard InChI is InChI=1S/C14H15N5O3/c20-13-4-2-7-16-19(13)10-14(21)18-8-5-11(9-18)22-12-3-1-6-15-17-12/h1-4,6-7,11H,5,8-10H2/t11-/m0/s1. The van der Waals surface area contributed by atoms with Crippen LogP contribution in [0.25, 0.3) is 0 Å². The molecule has 0 N–H and O–H groups in total. The Bertz CT molecular complexity index is 703. The number of hydrogen-bond acceptors (Lipinski definition) is 6. The summed E-state index contributed by atoms with van der Waals surface area (Å²) in [7, 11) is 0. The minimum atomic E-state index is -0.289. The molecule has 2 aromatic rings. The average Bonchev–Trinajstić information content (AvgIpc) is 2.99. The van der Waals surface area contributed by atoms with Crippen molar-refractivity contribution in [3.05, 3.63) is 47.0 Å². The molecule has 1 saturated heterocycles. The van der Waals surface area contributed by atoms with Crippen LogP contribution in [0.2, 0.25) is 0 Å². The summed E-state index contributed by atoms with van der Waals surface area (Å²) in [4.78, 5) is 25.4. The van der Waals surface area contributed by atoms with Gasteiger partial charge in [0.1, 0.15) is 12.6 Å². The van der Waals surface area contributed by atoms with Crippen LogP contribution in [-0.2, 0) is 11.3 Å². The van der Waals surface area contributed by atoms with Crippen LogP contribution in [0.5, 0.6) is 5.88 Å². The van der Waals surface area contributed by atoms with E-state index in [0.717, 1.165) is 11.1 Å². The molecule has 3 rings (SSSR count). The second kappa shape index (κ2) is 6.33. The molecule has 0 unspecified atom stereocenters. The number of rotatable bonds is 4. The van der Waals surface area contributed by atoms with Gasteiger partial charge in [0.2, 0.25) is 11.8 Å². The molecule has 3 heterocycles. The van der Waals surface area contributed by atoms with E-state index in [0.29, 0.717) is 19.0 Å². The van der Waals surface area contributed by atoms with E-state index in [1.54, 1.807) is 29.3 Å². The minimum Gasteiger partial charge on any atom is -0.471 e. The van der Waals surface area contributed by atoms with E-state index in [1.165, 1.54) is 12.3 Å². The molecular formula is C14H15N5O3. The molecule has 0 bridgehead atoms. The predicted octanol–water partition coefficient (Wildman–Crippen LogP) is -0.287. The summed E-state index contributed by atoms with van der Waals surface area (Å²) in [6, 6.07) is 6.40. The summed E-state index contributed by atoms with van der Waals surface area (Å²) in [5.74, 6) is 0.300. The molecule has 0 aromatic carbocycles. The Balaban J connectivity index is 1.57. The van der Waals surface area contributed by atoms with Gasteiger partial charge >= 0.3 is 0 Å². The molecule has 8 nitrogen and oxygen atoms in total. The van der Waals surface area contributed by atoms with Gasteiger partial charge in [-0.15, -0.1) is 5.10 Å². The van der Waals surface area contributed by atoms with E-state index in [-0.39, 0.29) is 24.1 Å². The Hall–Kier alpha value is -2.77. The highest BCUT2D eigenvalue weighted by Gasteiger charge is 2.28. The Kier molecular flexibility index (Phi) is 4.08. The molecule has 8 heteroatoms. The highest BCUT2D eigenvalue weighted by Crippen LogP contribution is 2.15. The van der Waals surface area contributed by atoms with Crippen molar-refractivity contribution in [2.45, 2.75) is 19.1 Å². The molecule has 2 aromatic heterocycles. The number of carbonyl (C=O) groups excluding carboxylic acids is 1. The topological polar surface area (TPSA) is 90.2 Å². The van der Waals surface area contributed by atoms with Crippen molar-refractivity contribution in [2.75, 3.05) is 13.1 Å². The van der Waals surface area contributed by atoms with Crippen LogP contribution in [0.3, 0.4) is 0 Å². The monoisotopic (exact) mass is 301 g/mol. The number of carbonyl (C=O) groups is 1. The second-order valence-electron chi connectivity index (χ2n) is 4.95. The molecule has 114 valence electrons. The number of aromatic nitrogens is 4. The average molecular weight is 301 g/mol. The fraction of sp³-hybridized carbons (Fsp3) is 0.357. The first-order valence-electron chi connectivity index (χ1n) is 6.96. The van der Waals surface area contributed by atoms with E-state index < -0.39 is 0 Å². The summed E-state index contributed by atoms with van der Waals surface area (Å²) in [5.41, 5.74) is -0.289. The van der Waals surface area contributed by atoms with Gasteiger partial charge in [0.15, 0.2) is 0 Å². The Morgan fingerprint density at radius 1 is 1.32 bits per heavy atom. The van der Waals surface area contributed by atoms with Crippen molar-refractivity contribution in [1.82, 2.24) is 24.9 Å². The van der Waals surface area contributed by atoms with Crippen molar-refractivity contribution in [3.63, 3.8) is 0 Å². The lowest BCUT2D eigenvalue weighted by Crippen LogP contribution is -2.36. The van der Waals surface area contributed by atoms with Crippen molar-refractivity contribution in [3.8, 4) is 5.88 Å². The van der Waals surface area contributed by atoms with Gasteiger partial charge in [0, 0.05) is 37.5 Å². The fourth-order valence-corrected chi connectivity index (χ4v) is 2.31. The molecule has 0 spiro atoms. The minimum absolute atomic E-state index is 0.0580. The van der Waals surface area contributed by atoms with Gasteiger partial charge < -0.3 is 9.64 Å². The van der Waals surface area contributed by atoms with E-state index in [1.807, 2.05) is 0 Å². The zero-order valence-electron chi connectivity index (χ0n) is 11.8. The van der Waals surface area contributed by atoms with E-state index in [2.05, 4.69) is 15.3 Å². The van der Waals surface area contributed by atoms with Gasteiger partial charge in [0.05, 0.1) is 6.54 Å². The smallest absolute Gasteiger partial charge is 0.267 e. The van der Waals surface area contributed by atoms with Gasteiger partial charge in [-0.05, 0) is 12.1 Å². The van der Waals surface area contributed by atoms with E-state index >= 15 is 0 Å². The summed E-state index contributed by atoms with van der Waals surface area (Å²) in [5, 5.41) is 11.5. The number of nitrogens with zero attached hydrogens (tertiary/aromatic N) is 5. The highest BCUT2D eigenvalue weighted by atomic mass is 16.5. The zero-order chi connectivity index (χ0) is 15.4. The van der Waals surface area contributed by atoms with Crippen LogP contribution in [0.1, 0.15) is 6.42 Å². The van der Waals surface area contributed by atoms with Gasteiger partial charge in [-0.25, -0.2) is 4.68 Å². The first-order valence-corrected chi connectivity index (χ1v) is 6.96. The molecule has 22 heavy (non-hydrogen) atoms. The highest BCUT2D eigenvalue weighted by molar-refractivity contribution is 5.76. The van der Waals surface area contributed by atoms with Crippen LogP contribution in [-0.4, -0.2) is 50.0 Å². The van der Waals surface area contributed by atoms with Crippen molar-refractivity contribution in [1.29, 1.82) is 0 Å². The lowest BCUT2D eigenvalue weighted by molar-refractivity contribution is -0.131. The Morgan fingerprint density at radius 3 is 2.95 bits per heavy atom. The molecule has 1 amide bonds. The molecule has 0 radical (unpaired) electrons. The predicted molar refractivity (Wildman–Crippen MR) is 76.1 cm³/mol. The van der Waals surface area contributed by atoms with Gasteiger partial charge in [-0.1, -0.05) is 0 Å². The largest absolute Gasteiger partial charge is 0.471 e. The number of amides is 1. The lowest BCUT2D eigenvalue weighted by atomic mass is 10.3. The maximum absolute atomic E-state index is 12.2. The first kappa shape index (κ1) is 14.2. The molecule has 0 aliphatic carbocycles. The summed E-state index contributed by atoms with van der Waals surface area (Å²) in [6.07, 6.45) is 3.67. The normalized spacial score (nSPS) is 17.5. The number of ether oxygens (including phenoxy) is 1. The molecule has 1 aliphatic rings. The summed E-state index contributed by atoms with van der Waals surface area (Å²) >= 11 is 0. The van der Waals surface area contributed by atoms with Crippen molar-refractivity contribution < 1.29 is 9.53 Å². The zero-order valence-corrected chi connectivity index (χ0v) is 11.8. The van der Waals surface area contributed by atoms with Gasteiger partial charge in [0.25, 0.3) is 5.56 Å². The third-order valence-corrected chi connectivity index (χ3v) is 3.40. The number of hydrogen-bond donors (Lipinski definition) is 0. The maximum atomic E-state index is 12.2. The number of likely N-dealkylation sites (tertiary alicyclic amines) is 1. The lowest BCUT2D eigenvalue weighted by Gasteiger charge is -2.17. The van der Waals surface area contributed by atoms with Crippen molar-refractivity contribution in [2.24, 2.45) is 0 Å². The van der Waals surface area contributed by atoms with Gasteiger partial charge in [-0.2, -0.15) is 10.2 Å².